The van der Waals surface area contributed by atoms with Crippen molar-refractivity contribution in [2.24, 2.45) is 5.92 Å². The van der Waals surface area contributed by atoms with E-state index in [1.165, 1.54) is 0 Å². The Bertz CT molecular complexity index is 581. The molecule has 2 heterocycles. The van der Waals surface area contributed by atoms with Crippen LogP contribution in [0.15, 0.2) is 18.2 Å². The molecule has 0 aliphatic carbocycles. The summed E-state index contributed by atoms with van der Waals surface area (Å²) >= 11 is 0. The summed E-state index contributed by atoms with van der Waals surface area (Å²) in [5.74, 6) is 0.768. The molecule has 0 bridgehead atoms. The van der Waals surface area contributed by atoms with Gasteiger partial charge in [0.2, 0.25) is 0 Å². The highest BCUT2D eigenvalue weighted by atomic mass is 16.2. The summed E-state index contributed by atoms with van der Waals surface area (Å²) in [6.07, 6.45) is 0. The van der Waals surface area contributed by atoms with Crippen molar-refractivity contribution in [1.29, 1.82) is 0 Å². The molecule has 1 N–H and O–H groups in total. The van der Waals surface area contributed by atoms with Crippen LogP contribution in [-0.4, -0.2) is 34.1 Å². The molecular weight excluding hydrogens is 214 g/mol. The lowest BCUT2D eigenvalue weighted by molar-refractivity contribution is 0.0530. The molecule has 1 amide bonds. The summed E-state index contributed by atoms with van der Waals surface area (Å²) in [5.41, 5.74) is 2.68. The second-order valence-corrected chi connectivity index (χ2v) is 4.90. The lowest BCUT2D eigenvalue weighted by Gasteiger charge is -2.37. The van der Waals surface area contributed by atoms with E-state index in [0.717, 1.165) is 35.2 Å². The molecule has 1 aromatic carbocycles. The zero-order valence-electron chi connectivity index (χ0n) is 10.0. The number of amides is 1. The van der Waals surface area contributed by atoms with Gasteiger partial charge >= 0.3 is 0 Å². The van der Waals surface area contributed by atoms with E-state index in [0.29, 0.717) is 5.92 Å². The average Bonchev–Trinajstić information content (AvgIpc) is 2.66. The van der Waals surface area contributed by atoms with Gasteiger partial charge in [-0.25, -0.2) is 0 Å². The van der Waals surface area contributed by atoms with Crippen LogP contribution in [0, 0.1) is 12.8 Å². The van der Waals surface area contributed by atoms with Crippen LogP contribution < -0.4 is 0 Å². The number of aromatic nitrogens is 2. The van der Waals surface area contributed by atoms with Crippen LogP contribution in [0.1, 0.15) is 23.0 Å². The first-order valence-corrected chi connectivity index (χ1v) is 5.89. The van der Waals surface area contributed by atoms with Gasteiger partial charge in [0.25, 0.3) is 5.91 Å². The molecule has 2 aromatic rings. The predicted octanol–water partition coefficient (Wildman–Crippen LogP) is 1.96. The maximum atomic E-state index is 12.1. The number of nitrogens with one attached hydrogen (secondary N) is 1. The van der Waals surface area contributed by atoms with Gasteiger partial charge in [-0.1, -0.05) is 6.92 Å². The SMILES string of the molecule is Cc1[nH]nc2ccc(C(=O)N3CC(C)C3)cc12. The van der Waals surface area contributed by atoms with Gasteiger partial charge < -0.3 is 4.90 Å². The van der Waals surface area contributed by atoms with Crippen LogP contribution in [0.2, 0.25) is 0 Å². The van der Waals surface area contributed by atoms with Crippen molar-refractivity contribution >= 4 is 16.8 Å². The Balaban J connectivity index is 1.94. The molecule has 3 rings (SSSR count). The van der Waals surface area contributed by atoms with Gasteiger partial charge in [0.15, 0.2) is 0 Å². The number of aryl methyl sites for hydroxylation is 1. The third-order valence-corrected chi connectivity index (χ3v) is 3.34. The van der Waals surface area contributed by atoms with Crippen molar-refractivity contribution in [2.45, 2.75) is 13.8 Å². The van der Waals surface area contributed by atoms with Crippen LogP contribution in [0.25, 0.3) is 10.9 Å². The Morgan fingerprint density at radius 2 is 2.24 bits per heavy atom. The van der Waals surface area contributed by atoms with Gasteiger partial charge in [-0.15, -0.1) is 0 Å². The maximum absolute atomic E-state index is 12.1. The van der Waals surface area contributed by atoms with E-state index in [-0.39, 0.29) is 5.91 Å². The number of carbonyl (C=O) groups is 1. The molecule has 1 aliphatic rings. The molecule has 0 spiro atoms. The van der Waals surface area contributed by atoms with E-state index >= 15 is 0 Å². The Labute approximate surface area is 99.6 Å². The normalized spacial score (nSPS) is 16.2. The van der Waals surface area contributed by atoms with Crippen LogP contribution >= 0.6 is 0 Å². The Hall–Kier alpha value is -1.84. The standard InChI is InChI=1S/C13H15N3O/c1-8-6-16(7-8)13(17)10-3-4-12-11(5-10)9(2)14-15-12/h3-5,8H,6-7H2,1-2H3,(H,14,15). The van der Waals surface area contributed by atoms with Gasteiger partial charge in [0, 0.05) is 29.7 Å². The first-order valence-electron chi connectivity index (χ1n) is 5.89. The molecule has 0 unspecified atom stereocenters. The third kappa shape index (κ3) is 1.60. The summed E-state index contributed by atoms with van der Waals surface area (Å²) in [7, 11) is 0. The maximum Gasteiger partial charge on any atom is 0.253 e. The highest BCUT2D eigenvalue weighted by molar-refractivity contribution is 5.98. The molecule has 0 radical (unpaired) electrons. The monoisotopic (exact) mass is 229 g/mol. The van der Waals surface area contributed by atoms with Crippen molar-refractivity contribution in [3.63, 3.8) is 0 Å². The molecule has 4 heteroatoms. The minimum atomic E-state index is 0.130. The highest BCUT2D eigenvalue weighted by Gasteiger charge is 2.27. The second-order valence-electron chi connectivity index (χ2n) is 4.90. The van der Waals surface area contributed by atoms with Crippen molar-refractivity contribution in [1.82, 2.24) is 15.1 Å². The molecule has 4 nitrogen and oxygen atoms in total. The van der Waals surface area contributed by atoms with Gasteiger partial charge in [-0.3, -0.25) is 9.89 Å². The number of fused-ring (bicyclic) bond motifs is 1. The minimum Gasteiger partial charge on any atom is -0.338 e. The molecule has 17 heavy (non-hydrogen) atoms. The fourth-order valence-corrected chi connectivity index (χ4v) is 2.32. The Morgan fingerprint density at radius 3 is 2.94 bits per heavy atom. The summed E-state index contributed by atoms with van der Waals surface area (Å²) in [6.45, 7) is 5.88. The van der Waals surface area contributed by atoms with Gasteiger partial charge in [-0.2, -0.15) is 5.10 Å². The van der Waals surface area contributed by atoms with Gasteiger partial charge in [0.1, 0.15) is 0 Å². The molecule has 1 aliphatic heterocycles. The number of nitrogens with zero attached hydrogens (tertiary/aromatic N) is 2. The Morgan fingerprint density at radius 1 is 1.47 bits per heavy atom. The molecule has 88 valence electrons. The van der Waals surface area contributed by atoms with Crippen LogP contribution in [0.5, 0.6) is 0 Å². The number of aromatic amines is 1. The van der Waals surface area contributed by atoms with E-state index in [4.69, 9.17) is 0 Å². The van der Waals surface area contributed by atoms with Gasteiger partial charge in [-0.05, 0) is 31.0 Å². The zero-order valence-corrected chi connectivity index (χ0v) is 10.0. The molecule has 1 aromatic heterocycles. The molecular formula is C13H15N3O. The number of benzene rings is 1. The predicted molar refractivity (Wildman–Crippen MR) is 65.9 cm³/mol. The fourth-order valence-electron chi connectivity index (χ4n) is 2.32. The number of hydrogen-bond donors (Lipinski definition) is 1. The number of H-pyrrole nitrogens is 1. The van der Waals surface area contributed by atoms with E-state index in [1.54, 1.807) is 0 Å². The van der Waals surface area contributed by atoms with Gasteiger partial charge in [0.05, 0.1) is 5.52 Å². The summed E-state index contributed by atoms with van der Waals surface area (Å²) in [4.78, 5) is 14.0. The smallest absolute Gasteiger partial charge is 0.253 e. The van der Waals surface area contributed by atoms with E-state index in [2.05, 4.69) is 17.1 Å². The van der Waals surface area contributed by atoms with Crippen molar-refractivity contribution < 1.29 is 4.79 Å². The first-order chi connectivity index (χ1) is 8.15. The summed E-state index contributed by atoms with van der Waals surface area (Å²) in [6, 6.07) is 5.68. The van der Waals surface area contributed by atoms with E-state index < -0.39 is 0 Å². The highest BCUT2D eigenvalue weighted by Crippen LogP contribution is 2.21. The second kappa shape index (κ2) is 3.58. The first kappa shape index (κ1) is 10.3. The quantitative estimate of drug-likeness (QED) is 0.812. The summed E-state index contributed by atoms with van der Waals surface area (Å²) in [5, 5.41) is 8.12. The fraction of sp³-hybridized carbons (Fsp3) is 0.385. The Kier molecular flexibility index (Phi) is 2.18. The van der Waals surface area contributed by atoms with Crippen LogP contribution in [-0.2, 0) is 0 Å². The largest absolute Gasteiger partial charge is 0.338 e. The van der Waals surface area contributed by atoms with Crippen LogP contribution in [0.4, 0.5) is 0 Å². The zero-order chi connectivity index (χ0) is 12.0. The van der Waals surface area contributed by atoms with Crippen LogP contribution in [0.3, 0.4) is 0 Å². The summed E-state index contributed by atoms with van der Waals surface area (Å²) < 4.78 is 0. The molecule has 0 saturated carbocycles. The number of likely N-dealkylation sites (tertiary alicyclic amines) is 1. The van der Waals surface area contributed by atoms with E-state index in [9.17, 15) is 4.79 Å². The molecule has 0 atom stereocenters. The third-order valence-electron chi connectivity index (χ3n) is 3.34. The molecule has 1 fully saturated rings. The van der Waals surface area contributed by atoms with Crippen molar-refractivity contribution in [2.75, 3.05) is 13.1 Å². The minimum absolute atomic E-state index is 0.130. The average molecular weight is 229 g/mol. The lowest BCUT2D eigenvalue weighted by atomic mass is 10.0. The lowest BCUT2D eigenvalue weighted by Crippen LogP contribution is -2.48. The number of carbonyl (C=O) groups excluding carboxylic acids is 1. The number of rotatable bonds is 1. The molecule has 1 saturated heterocycles. The van der Waals surface area contributed by atoms with Crippen molar-refractivity contribution in [3.05, 3.63) is 29.5 Å². The number of hydrogen-bond acceptors (Lipinski definition) is 2. The van der Waals surface area contributed by atoms with E-state index in [1.807, 2.05) is 30.0 Å². The van der Waals surface area contributed by atoms with Crippen molar-refractivity contribution in [3.8, 4) is 0 Å². The topological polar surface area (TPSA) is 49.0 Å².